The van der Waals surface area contributed by atoms with Crippen LogP contribution in [0.1, 0.15) is 6.42 Å². The first kappa shape index (κ1) is 11.5. The summed E-state index contributed by atoms with van der Waals surface area (Å²) in [5, 5.41) is 8.47. The molecule has 0 saturated heterocycles. The monoisotopic (exact) mass is 222 g/mol. The van der Waals surface area contributed by atoms with E-state index in [4.69, 9.17) is 16.9 Å². The number of anilines is 1. The number of carbonyl (C=O) groups is 1. The first-order chi connectivity index (χ1) is 7.29. The molecule has 0 fully saturated rings. The average Bonchev–Trinajstić information content (AvgIpc) is 2.27. The van der Waals surface area contributed by atoms with Crippen molar-refractivity contribution in [1.82, 2.24) is 0 Å². The summed E-state index contributed by atoms with van der Waals surface area (Å²) in [6.07, 6.45) is -0.119. The minimum atomic E-state index is -0.218. The lowest BCUT2D eigenvalue weighted by Crippen LogP contribution is -2.32. The number of hydrogen-bond acceptors (Lipinski definition) is 2. The zero-order valence-electron chi connectivity index (χ0n) is 8.19. The van der Waals surface area contributed by atoms with Crippen molar-refractivity contribution in [3.05, 3.63) is 30.3 Å². The van der Waals surface area contributed by atoms with E-state index in [9.17, 15) is 4.79 Å². The van der Waals surface area contributed by atoms with Gasteiger partial charge in [0.15, 0.2) is 0 Å². The number of hydrogen-bond donors (Lipinski definition) is 0. The zero-order valence-corrected chi connectivity index (χ0v) is 8.94. The van der Waals surface area contributed by atoms with Gasteiger partial charge >= 0.3 is 0 Å². The topological polar surface area (TPSA) is 44.1 Å². The molecule has 1 amide bonds. The number of benzene rings is 1. The number of halogens is 1. The molecule has 1 aromatic rings. The SMILES string of the molecule is N#CCC(=O)N(CCCl)c1ccccc1. The second kappa shape index (κ2) is 6.05. The normalized spacial score (nSPS) is 9.33. The molecule has 0 atom stereocenters. The molecule has 0 aromatic heterocycles. The van der Waals surface area contributed by atoms with Crippen molar-refractivity contribution >= 4 is 23.2 Å². The highest BCUT2D eigenvalue weighted by Crippen LogP contribution is 2.14. The molecular weight excluding hydrogens is 212 g/mol. The molecule has 0 aliphatic carbocycles. The van der Waals surface area contributed by atoms with Crippen molar-refractivity contribution in [2.24, 2.45) is 0 Å². The lowest BCUT2D eigenvalue weighted by atomic mass is 10.2. The standard InChI is InChI=1S/C11H11ClN2O/c12-7-9-14(11(15)6-8-13)10-4-2-1-3-5-10/h1-5H,6-7,9H2. The van der Waals surface area contributed by atoms with Crippen LogP contribution in [0.5, 0.6) is 0 Å². The maximum Gasteiger partial charge on any atom is 0.241 e. The molecule has 78 valence electrons. The number of amides is 1. The van der Waals surface area contributed by atoms with Crippen LogP contribution >= 0.6 is 11.6 Å². The number of alkyl halides is 1. The molecule has 4 heteroatoms. The van der Waals surface area contributed by atoms with E-state index in [0.29, 0.717) is 12.4 Å². The van der Waals surface area contributed by atoms with E-state index in [2.05, 4.69) is 0 Å². The Kier molecular flexibility index (Phi) is 4.65. The van der Waals surface area contributed by atoms with Crippen LogP contribution in [0.2, 0.25) is 0 Å². The Morgan fingerprint density at radius 3 is 2.60 bits per heavy atom. The van der Waals surface area contributed by atoms with Crippen LogP contribution < -0.4 is 4.90 Å². The maximum atomic E-state index is 11.6. The van der Waals surface area contributed by atoms with Gasteiger partial charge in [0.25, 0.3) is 0 Å². The summed E-state index contributed by atoms with van der Waals surface area (Å²) in [5.74, 6) is 0.135. The molecule has 3 nitrogen and oxygen atoms in total. The molecular formula is C11H11ClN2O. The number of nitrogens with zero attached hydrogens (tertiary/aromatic N) is 2. The Bertz CT molecular complexity index is 359. The third kappa shape index (κ3) is 3.26. The lowest BCUT2D eigenvalue weighted by Gasteiger charge is -2.20. The smallest absolute Gasteiger partial charge is 0.241 e. The fourth-order valence-corrected chi connectivity index (χ4v) is 1.42. The van der Waals surface area contributed by atoms with Gasteiger partial charge in [0.2, 0.25) is 5.91 Å². The number of nitriles is 1. The van der Waals surface area contributed by atoms with Crippen LogP contribution in [-0.2, 0) is 4.79 Å². The Hall–Kier alpha value is -1.53. The maximum absolute atomic E-state index is 11.6. The van der Waals surface area contributed by atoms with E-state index in [1.165, 1.54) is 4.90 Å². The summed E-state index contributed by atoms with van der Waals surface area (Å²) in [6, 6.07) is 11.0. The van der Waals surface area contributed by atoms with E-state index in [-0.39, 0.29) is 12.3 Å². The van der Waals surface area contributed by atoms with Gasteiger partial charge in [0.05, 0.1) is 6.07 Å². The summed E-state index contributed by atoms with van der Waals surface area (Å²) in [5.41, 5.74) is 0.776. The van der Waals surface area contributed by atoms with Gasteiger partial charge in [-0.05, 0) is 12.1 Å². The molecule has 0 unspecified atom stereocenters. The van der Waals surface area contributed by atoms with E-state index < -0.39 is 0 Å². The third-order valence-electron chi connectivity index (χ3n) is 1.91. The van der Waals surface area contributed by atoms with Gasteiger partial charge in [0.1, 0.15) is 6.42 Å². The highest BCUT2D eigenvalue weighted by atomic mass is 35.5. The second-order valence-corrected chi connectivity index (χ2v) is 3.28. The van der Waals surface area contributed by atoms with Crippen LogP contribution in [0.4, 0.5) is 5.69 Å². The summed E-state index contributed by atoms with van der Waals surface area (Å²) < 4.78 is 0. The molecule has 0 N–H and O–H groups in total. The summed E-state index contributed by atoms with van der Waals surface area (Å²) in [7, 11) is 0. The van der Waals surface area contributed by atoms with E-state index in [0.717, 1.165) is 5.69 Å². The van der Waals surface area contributed by atoms with Crippen molar-refractivity contribution in [2.75, 3.05) is 17.3 Å². The van der Waals surface area contributed by atoms with E-state index in [1.807, 2.05) is 36.4 Å². The van der Waals surface area contributed by atoms with Crippen molar-refractivity contribution in [3.63, 3.8) is 0 Å². The zero-order chi connectivity index (χ0) is 11.1. The van der Waals surface area contributed by atoms with Crippen molar-refractivity contribution in [3.8, 4) is 6.07 Å². The highest BCUT2D eigenvalue weighted by molar-refractivity contribution is 6.18. The second-order valence-electron chi connectivity index (χ2n) is 2.90. The van der Waals surface area contributed by atoms with Crippen LogP contribution in [0.25, 0.3) is 0 Å². The van der Waals surface area contributed by atoms with E-state index >= 15 is 0 Å². The Morgan fingerprint density at radius 2 is 2.07 bits per heavy atom. The van der Waals surface area contributed by atoms with Crippen molar-refractivity contribution < 1.29 is 4.79 Å². The predicted molar refractivity (Wildman–Crippen MR) is 59.7 cm³/mol. The average molecular weight is 223 g/mol. The minimum absolute atomic E-state index is 0.119. The van der Waals surface area contributed by atoms with Crippen LogP contribution in [-0.4, -0.2) is 18.3 Å². The molecule has 0 heterocycles. The number of carbonyl (C=O) groups excluding carboxylic acids is 1. The predicted octanol–water partition coefficient (Wildman–Crippen LogP) is 2.17. The Labute approximate surface area is 93.9 Å². The summed E-state index contributed by atoms with van der Waals surface area (Å²) in [4.78, 5) is 13.1. The van der Waals surface area contributed by atoms with E-state index in [1.54, 1.807) is 0 Å². The van der Waals surface area contributed by atoms with Gasteiger partial charge in [0, 0.05) is 18.1 Å². The van der Waals surface area contributed by atoms with Crippen molar-refractivity contribution in [2.45, 2.75) is 6.42 Å². The molecule has 0 saturated carbocycles. The fourth-order valence-electron chi connectivity index (χ4n) is 1.25. The van der Waals surface area contributed by atoms with Gasteiger partial charge < -0.3 is 4.90 Å². The highest BCUT2D eigenvalue weighted by Gasteiger charge is 2.13. The Balaban J connectivity index is 2.84. The molecule has 0 aliphatic heterocycles. The molecule has 1 aromatic carbocycles. The largest absolute Gasteiger partial charge is 0.310 e. The fraction of sp³-hybridized carbons (Fsp3) is 0.273. The molecule has 15 heavy (non-hydrogen) atoms. The van der Waals surface area contributed by atoms with Gasteiger partial charge in [-0.25, -0.2) is 0 Å². The van der Waals surface area contributed by atoms with Gasteiger partial charge in [-0.15, -0.1) is 11.6 Å². The van der Waals surface area contributed by atoms with Crippen molar-refractivity contribution in [1.29, 1.82) is 5.26 Å². The summed E-state index contributed by atoms with van der Waals surface area (Å²) in [6.45, 7) is 0.423. The lowest BCUT2D eigenvalue weighted by molar-refractivity contribution is -0.117. The van der Waals surface area contributed by atoms with Crippen LogP contribution in [0.3, 0.4) is 0 Å². The molecule has 0 spiro atoms. The number of rotatable bonds is 4. The van der Waals surface area contributed by atoms with Crippen LogP contribution in [0, 0.1) is 11.3 Å². The quantitative estimate of drug-likeness (QED) is 0.733. The molecule has 0 aliphatic rings. The first-order valence-corrected chi connectivity index (χ1v) is 5.11. The van der Waals surface area contributed by atoms with Crippen LogP contribution in [0.15, 0.2) is 30.3 Å². The molecule has 0 bridgehead atoms. The number of para-hydroxylation sites is 1. The van der Waals surface area contributed by atoms with Gasteiger partial charge in [-0.1, -0.05) is 18.2 Å². The van der Waals surface area contributed by atoms with Gasteiger partial charge in [-0.3, -0.25) is 4.79 Å². The first-order valence-electron chi connectivity index (χ1n) is 4.58. The minimum Gasteiger partial charge on any atom is -0.310 e. The molecule has 0 radical (unpaired) electrons. The third-order valence-corrected chi connectivity index (χ3v) is 2.08. The Morgan fingerprint density at radius 1 is 1.40 bits per heavy atom. The van der Waals surface area contributed by atoms with Gasteiger partial charge in [-0.2, -0.15) is 5.26 Å². The molecule has 1 rings (SSSR count). The summed E-state index contributed by atoms with van der Waals surface area (Å²) >= 11 is 5.61.